The number of likely N-dealkylation sites (tertiary alicyclic amines) is 1. The lowest BCUT2D eigenvalue weighted by atomic mass is 10.0. The van der Waals surface area contributed by atoms with Gasteiger partial charge >= 0.3 is 0 Å². The number of hydrogen-bond donors (Lipinski definition) is 0. The largest absolute Gasteiger partial charge is 0.482 e. The van der Waals surface area contributed by atoms with E-state index >= 15 is 0 Å². The highest BCUT2D eigenvalue weighted by atomic mass is 35.5. The number of amides is 1. The number of sulfone groups is 1. The Kier molecular flexibility index (Phi) is 3.84. The second-order valence-corrected chi connectivity index (χ2v) is 8.18. The monoisotopic (exact) mass is 329 g/mol. The summed E-state index contributed by atoms with van der Waals surface area (Å²) in [6.45, 7) is 0.944. The Bertz CT molecular complexity index is 641. The lowest BCUT2D eigenvalue weighted by molar-refractivity contribution is -0.132. The average molecular weight is 330 g/mol. The van der Waals surface area contributed by atoms with E-state index in [0.717, 1.165) is 0 Å². The molecule has 2 aliphatic heterocycles. The van der Waals surface area contributed by atoms with Crippen LogP contribution in [-0.4, -0.2) is 50.4 Å². The number of halogens is 1. The Hall–Kier alpha value is -1.27. The van der Waals surface area contributed by atoms with E-state index in [0.29, 0.717) is 23.9 Å². The second kappa shape index (κ2) is 5.50. The van der Waals surface area contributed by atoms with Crippen LogP contribution in [0.2, 0.25) is 5.02 Å². The number of para-hydroxylation sites is 1. The topological polar surface area (TPSA) is 63.7 Å². The van der Waals surface area contributed by atoms with Crippen molar-refractivity contribution in [1.82, 2.24) is 4.90 Å². The van der Waals surface area contributed by atoms with Gasteiger partial charge in [0, 0.05) is 13.1 Å². The molecule has 2 atom stereocenters. The standard InChI is InChI=1S/C14H16ClNO4S/c15-12-3-1-2-4-13(12)20-7-14(17)16-5-10-8-21(18,19)9-11(10)6-16/h1-4,10-11H,5-9H2/t10-,11+. The zero-order valence-corrected chi connectivity index (χ0v) is 12.9. The van der Waals surface area contributed by atoms with Gasteiger partial charge < -0.3 is 9.64 Å². The van der Waals surface area contributed by atoms with E-state index in [-0.39, 0.29) is 35.9 Å². The fourth-order valence-corrected chi connectivity index (χ4v) is 5.42. The van der Waals surface area contributed by atoms with Crippen molar-refractivity contribution in [2.24, 2.45) is 11.8 Å². The van der Waals surface area contributed by atoms with Crippen LogP contribution in [0.5, 0.6) is 5.75 Å². The Morgan fingerprint density at radius 1 is 1.24 bits per heavy atom. The van der Waals surface area contributed by atoms with Gasteiger partial charge in [-0.1, -0.05) is 23.7 Å². The molecule has 0 spiro atoms. The van der Waals surface area contributed by atoms with Crippen LogP contribution in [0.25, 0.3) is 0 Å². The summed E-state index contributed by atoms with van der Waals surface area (Å²) in [6, 6.07) is 6.99. The second-order valence-electron chi connectivity index (χ2n) is 5.61. The Balaban J connectivity index is 1.55. The predicted molar refractivity (Wildman–Crippen MR) is 79.2 cm³/mol. The Morgan fingerprint density at radius 3 is 2.48 bits per heavy atom. The van der Waals surface area contributed by atoms with Crippen molar-refractivity contribution in [3.05, 3.63) is 29.3 Å². The maximum Gasteiger partial charge on any atom is 0.260 e. The van der Waals surface area contributed by atoms with Gasteiger partial charge in [-0.2, -0.15) is 0 Å². The predicted octanol–water partition coefficient (Wildman–Crippen LogP) is 1.22. The molecular formula is C14H16ClNO4S. The molecule has 21 heavy (non-hydrogen) atoms. The number of carbonyl (C=O) groups excluding carboxylic acids is 1. The maximum absolute atomic E-state index is 12.1. The third kappa shape index (κ3) is 3.16. The molecule has 0 aliphatic carbocycles. The number of benzene rings is 1. The molecule has 2 saturated heterocycles. The molecule has 3 rings (SSSR count). The van der Waals surface area contributed by atoms with Crippen molar-refractivity contribution in [2.45, 2.75) is 0 Å². The summed E-state index contributed by atoms with van der Waals surface area (Å²) in [5, 5.41) is 0.467. The van der Waals surface area contributed by atoms with Gasteiger partial charge in [0.05, 0.1) is 16.5 Å². The summed E-state index contributed by atoms with van der Waals surface area (Å²) in [7, 11) is -2.90. The fourth-order valence-electron chi connectivity index (χ4n) is 3.03. The molecule has 2 heterocycles. The molecular weight excluding hydrogens is 314 g/mol. The number of nitrogens with zero attached hydrogens (tertiary/aromatic N) is 1. The van der Waals surface area contributed by atoms with Crippen LogP contribution >= 0.6 is 11.6 Å². The molecule has 0 N–H and O–H groups in total. The number of hydrogen-bond acceptors (Lipinski definition) is 4. The van der Waals surface area contributed by atoms with E-state index < -0.39 is 9.84 Å². The van der Waals surface area contributed by atoms with Crippen LogP contribution in [0, 0.1) is 11.8 Å². The first-order valence-corrected chi connectivity index (χ1v) is 9.00. The van der Waals surface area contributed by atoms with Crippen LogP contribution in [0.4, 0.5) is 0 Å². The van der Waals surface area contributed by atoms with E-state index in [1.165, 1.54) is 0 Å². The molecule has 114 valence electrons. The quantitative estimate of drug-likeness (QED) is 0.836. The molecule has 5 nitrogen and oxygen atoms in total. The van der Waals surface area contributed by atoms with E-state index in [2.05, 4.69) is 0 Å². The van der Waals surface area contributed by atoms with Gasteiger partial charge in [-0.3, -0.25) is 4.79 Å². The number of carbonyl (C=O) groups is 1. The summed E-state index contributed by atoms with van der Waals surface area (Å²) in [4.78, 5) is 13.8. The molecule has 2 fully saturated rings. The fraction of sp³-hybridized carbons (Fsp3) is 0.500. The minimum atomic E-state index is -2.90. The van der Waals surface area contributed by atoms with Gasteiger partial charge in [0.2, 0.25) is 0 Å². The van der Waals surface area contributed by atoms with E-state index in [1.54, 1.807) is 29.2 Å². The zero-order valence-electron chi connectivity index (χ0n) is 11.4. The first-order chi connectivity index (χ1) is 9.94. The SMILES string of the molecule is O=C(COc1ccccc1Cl)N1C[C@@H]2CS(=O)(=O)C[C@@H]2C1. The first kappa shape index (κ1) is 14.7. The lowest BCUT2D eigenvalue weighted by Gasteiger charge is -2.17. The van der Waals surface area contributed by atoms with Crippen LogP contribution < -0.4 is 4.74 Å². The Labute approximate surface area is 128 Å². The summed E-state index contributed by atoms with van der Waals surface area (Å²) < 4.78 is 28.5. The first-order valence-electron chi connectivity index (χ1n) is 6.80. The molecule has 0 bridgehead atoms. The van der Waals surface area contributed by atoms with Crippen molar-refractivity contribution in [3.8, 4) is 5.75 Å². The van der Waals surface area contributed by atoms with Crippen LogP contribution in [0.3, 0.4) is 0 Å². The van der Waals surface area contributed by atoms with E-state index in [4.69, 9.17) is 16.3 Å². The van der Waals surface area contributed by atoms with Crippen molar-refractivity contribution in [3.63, 3.8) is 0 Å². The molecule has 0 unspecified atom stereocenters. The molecule has 0 radical (unpaired) electrons. The number of ether oxygens (including phenoxy) is 1. The number of fused-ring (bicyclic) bond motifs is 1. The normalized spacial score (nSPS) is 26.6. The van der Waals surface area contributed by atoms with Gasteiger partial charge in [-0.25, -0.2) is 8.42 Å². The molecule has 0 saturated carbocycles. The van der Waals surface area contributed by atoms with Crippen LogP contribution in [-0.2, 0) is 14.6 Å². The van der Waals surface area contributed by atoms with Crippen molar-refractivity contribution in [2.75, 3.05) is 31.2 Å². The van der Waals surface area contributed by atoms with Gasteiger partial charge in [0.1, 0.15) is 5.75 Å². The minimum Gasteiger partial charge on any atom is -0.482 e. The van der Waals surface area contributed by atoms with Gasteiger partial charge in [-0.05, 0) is 24.0 Å². The molecule has 1 aromatic rings. The van der Waals surface area contributed by atoms with Crippen molar-refractivity contribution >= 4 is 27.3 Å². The van der Waals surface area contributed by atoms with Crippen molar-refractivity contribution < 1.29 is 17.9 Å². The third-order valence-corrected chi connectivity index (χ3v) is 6.24. The van der Waals surface area contributed by atoms with Crippen LogP contribution in [0.15, 0.2) is 24.3 Å². The molecule has 1 amide bonds. The maximum atomic E-state index is 12.1. The summed E-state index contributed by atoms with van der Waals surface area (Å²) >= 11 is 5.96. The minimum absolute atomic E-state index is 0.0735. The van der Waals surface area contributed by atoms with Crippen LogP contribution in [0.1, 0.15) is 0 Å². The summed E-state index contributed by atoms with van der Waals surface area (Å²) in [5.74, 6) is 0.925. The smallest absolute Gasteiger partial charge is 0.260 e. The van der Waals surface area contributed by atoms with E-state index in [1.807, 2.05) is 0 Å². The molecule has 1 aromatic carbocycles. The van der Waals surface area contributed by atoms with Crippen molar-refractivity contribution in [1.29, 1.82) is 0 Å². The molecule has 7 heteroatoms. The van der Waals surface area contributed by atoms with Gasteiger partial charge in [0.25, 0.3) is 5.91 Å². The average Bonchev–Trinajstić information content (AvgIpc) is 2.91. The highest BCUT2D eigenvalue weighted by molar-refractivity contribution is 7.91. The van der Waals surface area contributed by atoms with E-state index in [9.17, 15) is 13.2 Å². The van der Waals surface area contributed by atoms with Gasteiger partial charge in [-0.15, -0.1) is 0 Å². The lowest BCUT2D eigenvalue weighted by Crippen LogP contribution is -2.34. The zero-order chi connectivity index (χ0) is 15.0. The Morgan fingerprint density at radius 2 is 1.86 bits per heavy atom. The summed E-state index contributed by atoms with van der Waals surface area (Å²) in [6.07, 6.45) is 0. The highest BCUT2D eigenvalue weighted by Gasteiger charge is 2.44. The van der Waals surface area contributed by atoms with Gasteiger partial charge in [0.15, 0.2) is 16.4 Å². The third-order valence-electron chi connectivity index (χ3n) is 4.05. The molecule has 2 aliphatic rings. The summed E-state index contributed by atoms with van der Waals surface area (Å²) in [5.41, 5.74) is 0. The number of rotatable bonds is 3. The highest BCUT2D eigenvalue weighted by Crippen LogP contribution is 2.32. The molecule has 0 aromatic heterocycles.